The highest BCUT2D eigenvalue weighted by Gasteiger charge is 2.40. The third-order valence-corrected chi connectivity index (χ3v) is 6.95. The van der Waals surface area contributed by atoms with E-state index in [1.165, 1.54) is 51.1 Å². The Bertz CT molecular complexity index is 1200. The Labute approximate surface area is 175 Å². The zero-order chi connectivity index (χ0) is 20.1. The van der Waals surface area contributed by atoms with Crippen LogP contribution in [0.1, 0.15) is 25.0 Å². The largest absolute Gasteiger partial charge is 0.342 e. The minimum absolute atomic E-state index is 0.493. The van der Waals surface area contributed by atoms with Crippen LogP contribution in [0.5, 0.6) is 0 Å². The predicted molar refractivity (Wildman–Crippen MR) is 117 cm³/mol. The van der Waals surface area contributed by atoms with E-state index in [9.17, 15) is 0 Å². The molecule has 0 saturated carbocycles. The van der Waals surface area contributed by atoms with Gasteiger partial charge in [0.25, 0.3) is 0 Å². The van der Waals surface area contributed by atoms with E-state index in [1.54, 1.807) is 10.8 Å². The van der Waals surface area contributed by atoms with E-state index in [0.29, 0.717) is 5.41 Å². The Kier molecular flexibility index (Phi) is 4.14. The van der Waals surface area contributed by atoms with Crippen molar-refractivity contribution in [2.75, 3.05) is 33.2 Å². The molecule has 1 N–H and O–H groups in total. The number of piperidine rings is 1. The number of nitrogens with zero attached hydrogens (tertiary/aromatic N) is 6. The maximum absolute atomic E-state index is 4.60. The van der Waals surface area contributed by atoms with Gasteiger partial charge in [-0.2, -0.15) is 14.8 Å². The zero-order valence-electron chi connectivity index (χ0n) is 17.4. The number of hydrogen-bond donors (Lipinski definition) is 1. The van der Waals surface area contributed by atoms with E-state index in [2.05, 4.69) is 55.2 Å². The first-order valence-electron chi connectivity index (χ1n) is 10.9. The lowest BCUT2D eigenvalue weighted by Crippen LogP contribution is -2.44. The van der Waals surface area contributed by atoms with Crippen molar-refractivity contribution in [2.24, 2.45) is 5.41 Å². The van der Waals surface area contributed by atoms with E-state index in [1.807, 2.05) is 18.5 Å². The minimum Gasteiger partial charge on any atom is -0.342 e. The van der Waals surface area contributed by atoms with Crippen molar-refractivity contribution in [3.05, 3.63) is 48.5 Å². The molecule has 2 fully saturated rings. The van der Waals surface area contributed by atoms with Crippen LogP contribution in [0.4, 0.5) is 0 Å². The molecule has 4 aromatic rings. The lowest BCUT2D eigenvalue weighted by molar-refractivity contribution is 0.0892. The van der Waals surface area contributed by atoms with Crippen molar-refractivity contribution < 1.29 is 0 Å². The molecule has 1 spiro atoms. The summed E-state index contributed by atoms with van der Waals surface area (Å²) < 4.78 is 1.68. The Morgan fingerprint density at radius 2 is 2.03 bits per heavy atom. The highest BCUT2D eigenvalue weighted by atomic mass is 15.4. The van der Waals surface area contributed by atoms with Crippen molar-refractivity contribution in [2.45, 2.75) is 25.8 Å². The van der Waals surface area contributed by atoms with Gasteiger partial charge in [-0.05, 0) is 74.6 Å². The highest BCUT2D eigenvalue weighted by Crippen LogP contribution is 2.39. The fourth-order valence-corrected chi connectivity index (χ4v) is 5.62. The van der Waals surface area contributed by atoms with Crippen LogP contribution in [-0.2, 0) is 6.54 Å². The summed E-state index contributed by atoms with van der Waals surface area (Å²) in [5.41, 5.74) is 5.93. The smallest absolute Gasteiger partial charge is 0.138 e. The predicted octanol–water partition coefficient (Wildman–Crippen LogP) is 3.19. The van der Waals surface area contributed by atoms with Gasteiger partial charge in [0.05, 0.1) is 11.7 Å². The van der Waals surface area contributed by atoms with Crippen molar-refractivity contribution in [1.29, 1.82) is 0 Å². The number of likely N-dealkylation sites (tertiary alicyclic amines) is 2. The van der Waals surface area contributed by atoms with Crippen LogP contribution in [0.2, 0.25) is 0 Å². The molecule has 0 bridgehead atoms. The molecular weight excluding hydrogens is 374 g/mol. The van der Waals surface area contributed by atoms with Gasteiger partial charge in [0.2, 0.25) is 0 Å². The lowest BCUT2D eigenvalue weighted by atomic mass is 9.79. The van der Waals surface area contributed by atoms with Crippen molar-refractivity contribution >= 4 is 16.6 Å². The molecule has 0 amide bonds. The summed E-state index contributed by atoms with van der Waals surface area (Å²) in [6, 6.07) is 8.36. The average Bonchev–Trinajstić information content (AvgIpc) is 3.44. The molecule has 2 aliphatic heterocycles. The molecule has 7 nitrogen and oxygen atoms in total. The third kappa shape index (κ3) is 3.00. The molecule has 2 saturated heterocycles. The van der Waals surface area contributed by atoms with Crippen LogP contribution in [0.25, 0.3) is 27.7 Å². The van der Waals surface area contributed by atoms with Gasteiger partial charge in [-0.1, -0.05) is 0 Å². The van der Waals surface area contributed by atoms with Gasteiger partial charge in [-0.15, -0.1) is 0 Å². The van der Waals surface area contributed by atoms with E-state index in [-0.39, 0.29) is 0 Å². The maximum Gasteiger partial charge on any atom is 0.138 e. The highest BCUT2D eigenvalue weighted by molar-refractivity contribution is 5.97. The molecule has 0 aromatic carbocycles. The summed E-state index contributed by atoms with van der Waals surface area (Å²) in [5, 5.41) is 9.87. The van der Waals surface area contributed by atoms with E-state index < -0.39 is 0 Å². The van der Waals surface area contributed by atoms with Gasteiger partial charge >= 0.3 is 0 Å². The van der Waals surface area contributed by atoms with Crippen molar-refractivity contribution in [3.63, 3.8) is 0 Å². The second-order valence-corrected chi connectivity index (χ2v) is 9.17. The summed E-state index contributed by atoms with van der Waals surface area (Å²) >= 11 is 0. The molecule has 154 valence electrons. The molecule has 1 unspecified atom stereocenters. The molecule has 6 rings (SSSR count). The monoisotopic (exact) mass is 401 g/mol. The number of H-pyrrole nitrogens is 1. The molecule has 2 aliphatic rings. The summed E-state index contributed by atoms with van der Waals surface area (Å²) in [6.45, 7) is 5.82. The second-order valence-electron chi connectivity index (χ2n) is 9.17. The first kappa shape index (κ1) is 18.0. The maximum atomic E-state index is 4.60. The number of fused-ring (bicyclic) bond motifs is 2. The quantitative estimate of drug-likeness (QED) is 0.571. The normalized spacial score (nSPS) is 23.2. The van der Waals surface area contributed by atoms with E-state index in [0.717, 1.165) is 34.2 Å². The van der Waals surface area contributed by atoms with E-state index in [4.69, 9.17) is 0 Å². The Morgan fingerprint density at radius 3 is 2.93 bits per heavy atom. The molecule has 1 atom stereocenters. The molecule has 0 aliphatic carbocycles. The summed E-state index contributed by atoms with van der Waals surface area (Å²) in [5.74, 6) is 0. The van der Waals surface area contributed by atoms with Crippen LogP contribution in [0, 0.1) is 5.41 Å². The first-order valence-corrected chi connectivity index (χ1v) is 10.9. The number of aromatic amines is 1. The number of aromatic nitrogens is 5. The number of rotatable bonds is 3. The Balaban J connectivity index is 1.31. The van der Waals surface area contributed by atoms with Crippen molar-refractivity contribution in [3.8, 4) is 11.1 Å². The van der Waals surface area contributed by atoms with Crippen LogP contribution >= 0.6 is 0 Å². The SMILES string of the molecule is CN1CCC2(CCCN(Cc3cc4c(-c5cnn6ncccc56)ccnc4[nH]3)C2)C1. The number of hydrogen-bond acceptors (Lipinski definition) is 5. The fraction of sp³-hybridized carbons (Fsp3) is 0.435. The summed E-state index contributed by atoms with van der Waals surface area (Å²) in [7, 11) is 2.26. The zero-order valence-corrected chi connectivity index (χ0v) is 17.4. The molecule has 30 heavy (non-hydrogen) atoms. The van der Waals surface area contributed by atoms with Crippen LogP contribution in [-0.4, -0.2) is 67.8 Å². The molecule has 0 radical (unpaired) electrons. The van der Waals surface area contributed by atoms with Crippen LogP contribution in [0.15, 0.2) is 42.9 Å². The van der Waals surface area contributed by atoms with Gasteiger partial charge < -0.3 is 9.88 Å². The molecule has 6 heterocycles. The topological polar surface area (TPSA) is 65.3 Å². The number of nitrogens with one attached hydrogen (secondary N) is 1. The van der Waals surface area contributed by atoms with Crippen LogP contribution in [0.3, 0.4) is 0 Å². The van der Waals surface area contributed by atoms with Gasteiger partial charge in [0.1, 0.15) is 5.65 Å². The molecule has 7 heteroatoms. The average molecular weight is 402 g/mol. The fourth-order valence-electron chi connectivity index (χ4n) is 5.62. The third-order valence-electron chi connectivity index (χ3n) is 6.95. The lowest BCUT2D eigenvalue weighted by Gasteiger charge is -2.40. The standard InChI is InChI=1S/C23H27N7/c1-28-11-7-23(15-28)6-3-10-29(16-23)14-17-12-19-18(5-9-24-22(19)27-17)20-13-26-30-21(20)4-2-8-25-30/h2,4-5,8-9,12-13H,3,6-7,10-11,14-16H2,1H3,(H,24,27). The van der Waals surface area contributed by atoms with Gasteiger partial charge in [-0.25, -0.2) is 4.98 Å². The Morgan fingerprint density at radius 1 is 1.07 bits per heavy atom. The van der Waals surface area contributed by atoms with Gasteiger partial charge in [0.15, 0.2) is 0 Å². The van der Waals surface area contributed by atoms with E-state index >= 15 is 0 Å². The van der Waals surface area contributed by atoms with Crippen LogP contribution < -0.4 is 0 Å². The minimum atomic E-state index is 0.493. The summed E-state index contributed by atoms with van der Waals surface area (Å²) in [6.07, 6.45) is 9.54. The van der Waals surface area contributed by atoms with Gasteiger partial charge in [0, 0.05) is 48.7 Å². The second kappa shape index (κ2) is 6.89. The first-order chi connectivity index (χ1) is 14.7. The Hall–Kier alpha value is -2.77. The number of pyridine rings is 1. The van der Waals surface area contributed by atoms with Crippen molar-refractivity contribution in [1.82, 2.24) is 34.6 Å². The molecular formula is C23H27N7. The summed E-state index contributed by atoms with van der Waals surface area (Å²) in [4.78, 5) is 13.3. The molecule has 4 aromatic heterocycles. The van der Waals surface area contributed by atoms with Gasteiger partial charge in [-0.3, -0.25) is 4.90 Å².